The quantitative estimate of drug-likeness (QED) is 0.642. The van der Waals surface area contributed by atoms with Gasteiger partial charge in [0, 0.05) is 12.0 Å². The number of benzene rings is 2. The van der Waals surface area contributed by atoms with Gasteiger partial charge in [0.2, 0.25) is 0 Å². The van der Waals surface area contributed by atoms with E-state index >= 15 is 0 Å². The summed E-state index contributed by atoms with van der Waals surface area (Å²) in [5.74, 6) is -1.02. The molecule has 0 radical (unpaired) electrons. The van der Waals surface area contributed by atoms with Crippen LogP contribution in [0.15, 0.2) is 54.6 Å². The Morgan fingerprint density at radius 2 is 1.66 bits per heavy atom. The van der Waals surface area contributed by atoms with Crippen molar-refractivity contribution >= 4 is 11.9 Å². The number of carbonyl (C=O) groups excluding carboxylic acids is 2. The predicted molar refractivity (Wildman–Crippen MR) is 100 cm³/mol. The van der Waals surface area contributed by atoms with Crippen molar-refractivity contribution in [2.75, 3.05) is 13.2 Å². The molecule has 0 fully saturated rings. The minimum atomic E-state index is -4.39. The first kappa shape index (κ1) is 22.4. The Kier molecular flexibility index (Phi) is 8.21. The Morgan fingerprint density at radius 3 is 2.24 bits per heavy atom. The smallest absolute Gasteiger partial charge is 0.411 e. The number of nitrogens with one attached hydrogen (secondary N) is 1. The molecular formula is C21H22F3NO4. The van der Waals surface area contributed by atoms with E-state index in [1.54, 1.807) is 6.92 Å². The molecule has 5 nitrogen and oxygen atoms in total. The molecule has 2 aromatic carbocycles. The molecular weight excluding hydrogens is 387 g/mol. The standard InChI is InChI=1S/C21H22F3NO4/c1-2-29-20(27)18(12-15-6-4-3-5-7-15)25-19(26)17-10-8-16(9-11-17)13-28-14-21(22,23)24/h3-11,18H,2,12-14H2,1H3,(H,25,26). The SMILES string of the molecule is CCOC(=O)C(Cc1ccccc1)NC(=O)c1ccc(COCC(F)(F)F)cc1. The molecule has 0 bridgehead atoms. The molecule has 0 saturated carbocycles. The lowest BCUT2D eigenvalue weighted by Crippen LogP contribution is -2.43. The first-order valence-electron chi connectivity index (χ1n) is 9.03. The summed E-state index contributed by atoms with van der Waals surface area (Å²) in [6.45, 7) is 0.308. The number of amides is 1. The van der Waals surface area contributed by atoms with Crippen LogP contribution in [0.4, 0.5) is 13.2 Å². The maximum atomic E-state index is 12.5. The Balaban J connectivity index is 1.99. The number of hydrogen-bond donors (Lipinski definition) is 1. The third-order valence-electron chi connectivity index (χ3n) is 3.91. The van der Waals surface area contributed by atoms with E-state index < -0.39 is 30.7 Å². The second-order valence-electron chi connectivity index (χ2n) is 6.27. The number of carbonyl (C=O) groups is 2. The number of alkyl halides is 3. The van der Waals surface area contributed by atoms with Crippen LogP contribution in [0.5, 0.6) is 0 Å². The number of ether oxygens (including phenoxy) is 2. The number of rotatable bonds is 9. The Bertz CT molecular complexity index is 792. The van der Waals surface area contributed by atoms with E-state index in [-0.39, 0.29) is 25.2 Å². The van der Waals surface area contributed by atoms with Gasteiger partial charge in [0.25, 0.3) is 5.91 Å². The molecule has 1 N–H and O–H groups in total. The molecule has 2 rings (SSSR count). The lowest BCUT2D eigenvalue weighted by Gasteiger charge is -2.17. The van der Waals surface area contributed by atoms with E-state index in [9.17, 15) is 22.8 Å². The predicted octanol–water partition coefficient (Wildman–Crippen LogP) is 3.67. The van der Waals surface area contributed by atoms with Crippen LogP contribution in [0.3, 0.4) is 0 Å². The molecule has 0 aromatic heterocycles. The fraction of sp³-hybridized carbons (Fsp3) is 0.333. The lowest BCUT2D eigenvalue weighted by atomic mass is 10.1. The highest BCUT2D eigenvalue weighted by molar-refractivity contribution is 5.96. The van der Waals surface area contributed by atoms with Crippen molar-refractivity contribution in [2.24, 2.45) is 0 Å². The molecule has 0 aliphatic heterocycles. The van der Waals surface area contributed by atoms with Gasteiger partial charge in [-0.15, -0.1) is 0 Å². The first-order valence-corrected chi connectivity index (χ1v) is 9.03. The number of esters is 1. The summed E-state index contributed by atoms with van der Waals surface area (Å²) < 4.78 is 46.0. The molecule has 0 spiro atoms. The van der Waals surface area contributed by atoms with E-state index in [1.807, 2.05) is 30.3 Å². The van der Waals surface area contributed by atoms with E-state index in [1.165, 1.54) is 24.3 Å². The summed E-state index contributed by atoms with van der Waals surface area (Å²) in [7, 11) is 0. The number of halogens is 3. The summed E-state index contributed by atoms with van der Waals surface area (Å²) >= 11 is 0. The fourth-order valence-electron chi connectivity index (χ4n) is 2.56. The third-order valence-corrected chi connectivity index (χ3v) is 3.91. The van der Waals surface area contributed by atoms with Crippen LogP contribution in [0.2, 0.25) is 0 Å². The maximum Gasteiger partial charge on any atom is 0.411 e. The van der Waals surface area contributed by atoms with Gasteiger partial charge >= 0.3 is 12.1 Å². The molecule has 0 saturated heterocycles. The van der Waals surface area contributed by atoms with Crippen molar-refractivity contribution in [1.82, 2.24) is 5.32 Å². The zero-order valence-corrected chi connectivity index (χ0v) is 15.9. The van der Waals surface area contributed by atoms with E-state index in [4.69, 9.17) is 4.74 Å². The summed E-state index contributed by atoms with van der Waals surface area (Å²) in [5.41, 5.74) is 1.63. The van der Waals surface area contributed by atoms with Gasteiger partial charge in [-0.25, -0.2) is 4.79 Å². The Hall–Kier alpha value is -2.87. The van der Waals surface area contributed by atoms with Gasteiger partial charge in [-0.3, -0.25) is 4.79 Å². The molecule has 1 atom stereocenters. The molecule has 0 heterocycles. The third kappa shape index (κ3) is 7.95. The normalized spacial score (nSPS) is 12.3. The lowest BCUT2D eigenvalue weighted by molar-refractivity contribution is -0.176. The van der Waals surface area contributed by atoms with Crippen molar-refractivity contribution < 1.29 is 32.2 Å². The Morgan fingerprint density at radius 1 is 1.00 bits per heavy atom. The monoisotopic (exact) mass is 409 g/mol. The summed E-state index contributed by atoms with van der Waals surface area (Å²) in [6.07, 6.45) is -4.12. The van der Waals surface area contributed by atoms with Gasteiger partial charge in [0.1, 0.15) is 12.6 Å². The largest absolute Gasteiger partial charge is 0.464 e. The van der Waals surface area contributed by atoms with Crippen molar-refractivity contribution in [3.05, 3.63) is 71.3 Å². The van der Waals surface area contributed by atoms with Crippen molar-refractivity contribution in [2.45, 2.75) is 32.2 Å². The van der Waals surface area contributed by atoms with Crippen molar-refractivity contribution in [3.63, 3.8) is 0 Å². The van der Waals surface area contributed by atoms with Crippen molar-refractivity contribution in [3.8, 4) is 0 Å². The maximum absolute atomic E-state index is 12.5. The highest BCUT2D eigenvalue weighted by Crippen LogP contribution is 2.16. The molecule has 1 unspecified atom stereocenters. The second kappa shape index (κ2) is 10.6. The van der Waals surface area contributed by atoms with Gasteiger partial charge in [-0.2, -0.15) is 13.2 Å². The van der Waals surface area contributed by atoms with Gasteiger partial charge in [-0.1, -0.05) is 42.5 Å². The molecule has 0 aliphatic rings. The number of hydrogen-bond acceptors (Lipinski definition) is 4. The summed E-state index contributed by atoms with van der Waals surface area (Å²) in [4.78, 5) is 24.7. The zero-order valence-electron chi connectivity index (χ0n) is 15.9. The minimum absolute atomic E-state index is 0.187. The van der Waals surface area contributed by atoms with E-state index in [2.05, 4.69) is 10.1 Å². The average molecular weight is 409 g/mol. The summed E-state index contributed by atoms with van der Waals surface area (Å²) in [5, 5.41) is 2.66. The van der Waals surface area contributed by atoms with E-state index in [0.29, 0.717) is 5.56 Å². The van der Waals surface area contributed by atoms with Crippen LogP contribution in [-0.4, -0.2) is 37.3 Å². The van der Waals surface area contributed by atoms with Crippen LogP contribution >= 0.6 is 0 Å². The van der Waals surface area contributed by atoms with E-state index in [0.717, 1.165) is 5.56 Å². The molecule has 156 valence electrons. The average Bonchev–Trinajstić information content (AvgIpc) is 2.68. The van der Waals surface area contributed by atoms with Crippen molar-refractivity contribution in [1.29, 1.82) is 0 Å². The first-order chi connectivity index (χ1) is 13.8. The second-order valence-corrected chi connectivity index (χ2v) is 6.27. The van der Waals surface area contributed by atoms with Gasteiger partial charge in [0.05, 0.1) is 13.2 Å². The van der Waals surface area contributed by atoms with Crippen LogP contribution in [0.1, 0.15) is 28.4 Å². The molecule has 0 aliphatic carbocycles. The zero-order chi connectivity index (χ0) is 21.3. The molecule has 29 heavy (non-hydrogen) atoms. The van der Waals surface area contributed by atoms with Crippen LogP contribution < -0.4 is 5.32 Å². The fourth-order valence-corrected chi connectivity index (χ4v) is 2.56. The highest BCUT2D eigenvalue weighted by Gasteiger charge is 2.27. The molecule has 8 heteroatoms. The topological polar surface area (TPSA) is 64.6 Å². The van der Waals surface area contributed by atoms with Crippen LogP contribution in [-0.2, 0) is 27.3 Å². The highest BCUT2D eigenvalue weighted by atomic mass is 19.4. The molecule has 1 amide bonds. The summed E-state index contributed by atoms with van der Waals surface area (Å²) in [6, 6.07) is 14.3. The van der Waals surface area contributed by atoms with Crippen LogP contribution in [0.25, 0.3) is 0 Å². The van der Waals surface area contributed by atoms with Gasteiger partial charge < -0.3 is 14.8 Å². The Labute approximate surface area is 166 Å². The minimum Gasteiger partial charge on any atom is -0.464 e. The molecule has 2 aromatic rings. The van der Waals surface area contributed by atoms with Gasteiger partial charge in [-0.05, 0) is 30.2 Å². The van der Waals surface area contributed by atoms with Crippen LogP contribution in [0, 0.1) is 0 Å². The van der Waals surface area contributed by atoms with Gasteiger partial charge in [0.15, 0.2) is 0 Å².